The van der Waals surface area contributed by atoms with Crippen molar-refractivity contribution in [3.63, 3.8) is 0 Å². The summed E-state index contributed by atoms with van der Waals surface area (Å²) in [6.07, 6.45) is 11.9. The van der Waals surface area contributed by atoms with E-state index in [9.17, 15) is 9.59 Å². The van der Waals surface area contributed by atoms with Crippen molar-refractivity contribution in [2.75, 3.05) is 32.1 Å². The number of hydrogen-bond acceptors (Lipinski definition) is 6. The van der Waals surface area contributed by atoms with Crippen molar-refractivity contribution in [3.8, 4) is 16.8 Å². The van der Waals surface area contributed by atoms with E-state index in [0.717, 1.165) is 67.6 Å². The van der Waals surface area contributed by atoms with Gasteiger partial charge >= 0.3 is 0 Å². The summed E-state index contributed by atoms with van der Waals surface area (Å²) >= 11 is 0. The second-order valence-corrected chi connectivity index (χ2v) is 10.6. The number of likely N-dealkylation sites (tertiary alicyclic amines) is 1. The number of aryl methyl sites for hydroxylation is 1. The Morgan fingerprint density at radius 1 is 1.07 bits per heavy atom. The first-order valence-electron chi connectivity index (χ1n) is 14.4. The van der Waals surface area contributed by atoms with Gasteiger partial charge in [0.2, 0.25) is 5.95 Å². The molecule has 0 aliphatic carbocycles. The van der Waals surface area contributed by atoms with Gasteiger partial charge in [0.15, 0.2) is 0 Å². The van der Waals surface area contributed by atoms with Gasteiger partial charge in [-0.25, -0.2) is 4.98 Å². The average molecular weight is 555 g/mol. The molecule has 0 spiro atoms. The Balaban J connectivity index is 1.17. The van der Waals surface area contributed by atoms with E-state index >= 15 is 0 Å². The fourth-order valence-corrected chi connectivity index (χ4v) is 5.44. The van der Waals surface area contributed by atoms with Gasteiger partial charge in [0, 0.05) is 48.8 Å². The second kappa shape index (κ2) is 14.0. The number of ether oxygens (including phenoxy) is 1. The number of para-hydroxylation sites is 1. The highest BCUT2D eigenvalue weighted by molar-refractivity contribution is 6.04. The summed E-state index contributed by atoms with van der Waals surface area (Å²) in [5, 5.41) is 9.82. The lowest BCUT2D eigenvalue weighted by atomic mass is 10.1. The van der Waals surface area contributed by atoms with Gasteiger partial charge in [-0.1, -0.05) is 36.8 Å². The van der Waals surface area contributed by atoms with Crippen LogP contribution < -0.4 is 5.32 Å². The number of carbonyl (C=O) groups excluding carboxylic acids is 2. The number of anilines is 1. The van der Waals surface area contributed by atoms with Crippen molar-refractivity contribution < 1.29 is 14.3 Å². The monoisotopic (exact) mass is 554 g/mol. The normalized spacial score (nSPS) is 15.3. The van der Waals surface area contributed by atoms with E-state index in [-0.39, 0.29) is 5.91 Å². The number of aromatic amines is 1. The van der Waals surface area contributed by atoms with Gasteiger partial charge in [0.05, 0.1) is 25.0 Å². The predicted octanol–water partition coefficient (Wildman–Crippen LogP) is 5.30. The Kier molecular flexibility index (Phi) is 9.72. The number of imidazole rings is 1. The Morgan fingerprint density at radius 3 is 2.76 bits per heavy atom. The van der Waals surface area contributed by atoms with E-state index in [2.05, 4.69) is 20.4 Å². The second-order valence-electron chi connectivity index (χ2n) is 10.6. The van der Waals surface area contributed by atoms with Crippen LogP contribution in [0.15, 0.2) is 73.2 Å². The van der Waals surface area contributed by atoms with E-state index in [1.807, 2.05) is 59.3 Å². The number of hydrogen-bond donors (Lipinski definition) is 2. The quantitative estimate of drug-likeness (QED) is 0.205. The number of nitrogens with one attached hydrogen (secondary N) is 2. The molecule has 1 amide bonds. The minimum absolute atomic E-state index is 0.228. The molecule has 1 aliphatic heterocycles. The Labute approximate surface area is 240 Å². The van der Waals surface area contributed by atoms with Crippen LogP contribution in [0.3, 0.4) is 0 Å². The topological polar surface area (TPSA) is 105 Å². The highest BCUT2D eigenvalue weighted by Crippen LogP contribution is 2.22. The molecule has 1 fully saturated rings. The van der Waals surface area contributed by atoms with Gasteiger partial charge in [0.1, 0.15) is 5.78 Å². The first-order chi connectivity index (χ1) is 20.1. The number of Topliss-reactive ketones (excluding diaryl/α,β-unsaturated/α-hetero) is 1. The van der Waals surface area contributed by atoms with Crippen molar-refractivity contribution in [1.82, 2.24) is 24.6 Å². The van der Waals surface area contributed by atoms with Gasteiger partial charge in [0.25, 0.3) is 5.91 Å². The van der Waals surface area contributed by atoms with Crippen LogP contribution in [0.25, 0.3) is 16.8 Å². The zero-order valence-electron chi connectivity index (χ0n) is 23.6. The molecular weight excluding hydrogens is 516 g/mol. The Morgan fingerprint density at radius 2 is 1.95 bits per heavy atom. The van der Waals surface area contributed by atoms with Crippen molar-refractivity contribution >= 4 is 17.6 Å². The fourth-order valence-electron chi connectivity index (χ4n) is 5.44. The maximum Gasteiger partial charge on any atom is 0.258 e. The summed E-state index contributed by atoms with van der Waals surface area (Å²) in [7, 11) is 1.72. The molecule has 3 heterocycles. The van der Waals surface area contributed by atoms with Crippen molar-refractivity contribution in [2.24, 2.45) is 0 Å². The van der Waals surface area contributed by atoms with Crippen LogP contribution in [0, 0.1) is 0 Å². The van der Waals surface area contributed by atoms with E-state index in [4.69, 9.17) is 9.72 Å². The number of rotatable bonds is 14. The average Bonchev–Trinajstić information content (AvgIpc) is 3.76. The maximum atomic E-state index is 13.2. The molecule has 0 unspecified atom stereocenters. The maximum absolute atomic E-state index is 13.2. The van der Waals surface area contributed by atoms with Crippen molar-refractivity contribution in [3.05, 3.63) is 84.4 Å². The summed E-state index contributed by atoms with van der Waals surface area (Å²) in [6, 6.07) is 17.7. The van der Waals surface area contributed by atoms with Crippen molar-refractivity contribution in [1.29, 1.82) is 0 Å². The van der Waals surface area contributed by atoms with E-state index in [1.165, 1.54) is 0 Å². The molecule has 1 atom stereocenters. The van der Waals surface area contributed by atoms with Gasteiger partial charge in [-0.2, -0.15) is 5.10 Å². The molecule has 2 aromatic heterocycles. The predicted molar refractivity (Wildman–Crippen MR) is 159 cm³/mol. The highest BCUT2D eigenvalue weighted by Gasteiger charge is 2.25. The van der Waals surface area contributed by atoms with Gasteiger partial charge in [-0.05, 0) is 68.5 Å². The van der Waals surface area contributed by atoms with Crippen LogP contribution in [0.4, 0.5) is 5.95 Å². The molecule has 2 aromatic carbocycles. The molecule has 0 bridgehead atoms. The van der Waals surface area contributed by atoms with Gasteiger partial charge in [-0.3, -0.25) is 29.5 Å². The minimum Gasteiger partial charge on any atom is -0.383 e. The van der Waals surface area contributed by atoms with Crippen LogP contribution in [0.1, 0.15) is 54.6 Å². The van der Waals surface area contributed by atoms with Gasteiger partial charge < -0.3 is 4.74 Å². The zero-order chi connectivity index (χ0) is 28.4. The molecular formula is C32H38N6O3. The van der Waals surface area contributed by atoms with Crippen LogP contribution >= 0.6 is 0 Å². The number of unbranched alkanes of at least 4 members (excludes halogenated alkanes) is 2. The zero-order valence-corrected chi connectivity index (χ0v) is 23.6. The van der Waals surface area contributed by atoms with E-state index in [0.29, 0.717) is 42.9 Å². The highest BCUT2D eigenvalue weighted by atomic mass is 16.5. The first kappa shape index (κ1) is 28.4. The van der Waals surface area contributed by atoms with Crippen LogP contribution in [-0.2, 0) is 16.0 Å². The fraction of sp³-hybridized carbons (Fsp3) is 0.375. The molecule has 1 aliphatic rings. The number of aromatic nitrogens is 4. The third-order valence-corrected chi connectivity index (χ3v) is 7.60. The number of nitrogens with zero attached hydrogens (tertiary/aromatic N) is 4. The Bertz CT molecular complexity index is 1420. The van der Waals surface area contributed by atoms with E-state index < -0.39 is 0 Å². The van der Waals surface area contributed by atoms with Crippen LogP contribution in [-0.4, -0.2) is 69.2 Å². The molecule has 4 aromatic rings. The molecule has 41 heavy (non-hydrogen) atoms. The molecule has 0 saturated carbocycles. The number of amides is 1. The van der Waals surface area contributed by atoms with Crippen molar-refractivity contribution in [2.45, 2.75) is 51.0 Å². The third-order valence-electron chi connectivity index (χ3n) is 7.60. The summed E-state index contributed by atoms with van der Waals surface area (Å²) in [5.74, 6) is 0.563. The molecule has 2 N–H and O–H groups in total. The summed E-state index contributed by atoms with van der Waals surface area (Å²) in [6.45, 7) is 2.21. The number of H-pyrrole nitrogens is 1. The first-order valence-corrected chi connectivity index (χ1v) is 14.4. The summed E-state index contributed by atoms with van der Waals surface area (Å²) in [4.78, 5) is 32.8. The largest absolute Gasteiger partial charge is 0.383 e. The molecule has 1 saturated heterocycles. The Hall–Kier alpha value is -4.08. The van der Waals surface area contributed by atoms with Crippen LogP contribution in [0.2, 0.25) is 0 Å². The molecule has 9 nitrogen and oxygen atoms in total. The van der Waals surface area contributed by atoms with Gasteiger partial charge in [-0.15, -0.1) is 0 Å². The molecule has 5 rings (SSSR count). The lowest BCUT2D eigenvalue weighted by molar-refractivity contribution is -0.120. The number of carbonyl (C=O) groups is 2. The smallest absolute Gasteiger partial charge is 0.258 e. The summed E-state index contributed by atoms with van der Waals surface area (Å²) in [5.41, 5.74) is 4.20. The number of ketones is 1. The lowest BCUT2D eigenvalue weighted by Crippen LogP contribution is -2.36. The third kappa shape index (κ3) is 7.56. The molecule has 0 radical (unpaired) electrons. The van der Waals surface area contributed by atoms with E-state index in [1.54, 1.807) is 25.6 Å². The number of methoxy groups -OCH3 is 1. The summed E-state index contributed by atoms with van der Waals surface area (Å²) < 4.78 is 7.23. The lowest BCUT2D eigenvalue weighted by Gasteiger charge is -2.22. The molecule has 9 heteroatoms. The minimum atomic E-state index is -0.228. The molecule has 214 valence electrons. The number of benzene rings is 2. The SMILES string of the molecule is COC[C@@H]1CCCN1CC(=O)CCCCCc1cn(-c2ccccc2)c(NC(=O)c2cccc(-c3cn[nH]c3)c2)n1. The van der Waals surface area contributed by atoms with Crippen LogP contribution in [0.5, 0.6) is 0 Å². The standard InChI is InChI=1S/C32H38N6O3/c1-41-23-29-15-9-17-37(29)22-30(39)16-7-2-4-12-27-21-38(28-13-5-3-6-14-28)32(35-27)36-31(40)25-11-8-10-24(18-25)26-19-33-34-20-26/h3,5-6,8,10-11,13-14,18-21,29H,2,4,7,9,12,15-17,22-23H2,1H3,(H,33,34)(H,35,36,40)/t29-/m0/s1.